The highest BCUT2D eigenvalue weighted by Crippen LogP contribution is 2.27. The number of rotatable bonds is 3. The van der Waals surface area contributed by atoms with Crippen LogP contribution < -0.4 is 10.6 Å². The molecule has 0 radical (unpaired) electrons. The molecule has 1 aliphatic carbocycles. The van der Waals surface area contributed by atoms with Gasteiger partial charge in [-0.3, -0.25) is 4.79 Å². The molecule has 1 saturated carbocycles. The third-order valence-electron chi connectivity index (χ3n) is 4.63. The van der Waals surface area contributed by atoms with E-state index in [1.54, 1.807) is 0 Å². The van der Waals surface area contributed by atoms with Crippen LogP contribution in [0.5, 0.6) is 0 Å². The van der Waals surface area contributed by atoms with Crippen molar-refractivity contribution in [3.8, 4) is 0 Å². The van der Waals surface area contributed by atoms with Gasteiger partial charge in [-0.15, -0.1) is 0 Å². The van der Waals surface area contributed by atoms with Gasteiger partial charge in [0.2, 0.25) is 5.91 Å². The summed E-state index contributed by atoms with van der Waals surface area (Å²) in [6.45, 7) is 8.51. The summed E-state index contributed by atoms with van der Waals surface area (Å²) in [7, 11) is 0. The van der Waals surface area contributed by atoms with E-state index in [4.69, 9.17) is 0 Å². The molecule has 1 heterocycles. The van der Waals surface area contributed by atoms with Crippen molar-refractivity contribution in [3.63, 3.8) is 0 Å². The minimum Gasteiger partial charge on any atom is -0.342 e. The Morgan fingerprint density at radius 3 is 2.18 bits per heavy atom. The van der Waals surface area contributed by atoms with Crippen LogP contribution >= 0.6 is 0 Å². The molecule has 22 heavy (non-hydrogen) atoms. The lowest BCUT2D eigenvalue weighted by Crippen LogP contribution is -2.50. The third kappa shape index (κ3) is 5.18. The number of carbonyl (C=O) groups is 2. The molecule has 3 amide bonds. The fourth-order valence-corrected chi connectivity index (χ4v) is 3.26. The monoisotopic (exact) mass is 309 g/mol. The highest BCUT2D eigenvalue weighted by Gasteiger charge is 2.30. The van der Waals surface area contributed by atoms with Crippen LogP contribution in [0.3, 0.4) is 0 Å². The molecule has 1 aliphatic heterocycles. The fourth-order valence-electron chi connectivity index (χ4n) is 3.26. The number of hydrogen-bond acceptors (Lipinski definition) is 2. The first-order valence-electron chi connectivity index (χ1n) is 8.68. The van der Waals surface area contributed by atoms with E-state index in [1.807, 2.05) is 4.90 Å². The highest BCUT2D eigenvalue weighted by atomic mass is 16.2. The Bertz CT molecular complexity index is 389. The standard InChI is InChI=1S/C17H31N3O2/c1-17(2,3)12-18-16(22)19-14-8-10-20(11-9-14)15(21)13-6-4-5-7-13/h13-14H,4-12H2,1-3H3,(H2,18,19,22). The van der Waals surface area contributed by atoms with Gasteiger partial charge in [0.25, 0.3) is 0 Å². The molecule has 0 aromatic carbocycles. The van der Waals surface area contributed by atoms with Gasteiger partial charge in [-0.05, 0) is 31.1 Å². The number of hydrogen-bond donors (Lipinski definition) is 2. The largest absolute Gasteiger partial charge is 0.342 e. The average molecular weight is 309 g/mol. The number of likely N-dealkylation sites (tertiary alicyclic amines) is 1. The van der Waals surface area contributed by atoms with E-state index in [9.17, 15) is 9.59 Å². The van der Waals surface area contributed by atoms with Gasteiger partial charge >= 0.3 is 6.03 Å². The number of carbonyl (C=O) groups excluding carboxylic acids is 2. The zero-order valence-corrected chi connectivity index (χ0v) is 14.3. The van der Waals surface area contributed by atoms with E-state index in [-0.39, 0.29) is 23.4 Å². The lowest BCUT2D eigenvalue weighted by atomic mass is 9.97. The second-order valence-electron chi connectivity index (χ2n) is 7.97. The van der Waals surface area contributed by atoms with Crippen LogP contribution in [0, 0.1) is 11.3 Å². The maximum absolute atomic E-state index is 12.4. The van der Waals surface area contributed by atoms with E-state index < -0.39 is 0 Å². The second-order valence-corrected chi connectivity index (χ2v) is 7.97. The minimum atomic E-state index is -0.0875. The van der Waals surface area contributed by atoms with Crippen LogP contribution in [-0.4, -0.2) is 42.5 Å². The van der Waals surface area contributed by atoms with Gasteiger partial charge in [-0.2, -0.15) is 0 Å². The number of urea groups is 1. The molecule has 0 bridgehead atoms. The van der Waals surface area contributed by atoms with Gasteiger partial charge in [0.1, 0.15) is 0 Å². The maximum Gasteiger partial charge on any atom is 0.315 e. The van der Waals surface area contributed by atoms with Crippen molar-refractivity contribution in [2.24, 2.45) is 11.3 Å². The summed E-state index contributed by atoms with van der Waals surface area (Å²) in [4.78, 5) is 26.2. The fraction of sp³-hybridized carbons (Fsp3) is 0.882. The molecule has 2 rings (SSSR count). The highest BCUT2D eigenvalue weighted by molar-refractivity contribution is 5.79. The van der Waals surface area contributed by atoms with Crippen molar-refractivity contribution in [1.82, 2.24) is 15.5 Å². The maximum atomic E-state index is 12.4. The molecule has 2 aliphatic rings. The molecule has 2 fully saturated rings. The smallest absolute Gasteiger partial charge is 0.315 e. The van der Waals surface area contributed by atoms with Crippen molar-refractivity contribution >= 4 is 11.9 Å². The lowest BCUT2D eigenvalue weighted by molar-refractivity contribution is -0.136. The second kappa shape index (κ2) is 7.34. The molecule has 0 spiro atoms. The predicted molar refractivity (Wildman–Crippen MR) is 87.5 cm³/mol. The SMILES string of the molecule is CC(C)(C)CNC(=O)NC1CCN(C(=O)C2CCCC2)CC1. The molecule has 0 aromatic heterocycles. The molecule has 2 N–H and O–H groups in total. The van der Waals surface area contributed by atoms with E-state index in [2.05, 4.69) is 31.4 Å². The summed E-state index contributed by atoms with van der Waals surface area (Å²) in [5, 5.41) is 5.95. The summed E-state index contributed by atoms with van der Waals surface area (Å²) < 4.78 is 0. The van der Waals surface area contributed by atoms with Gasteiger partial charge in [0, 0.05) is 31.6 Å². The van der Waals surface area contributed by atoms with Crippen molar-refractivity contribution in [3.05, 3.63) is 0 Å². The first-order chi connectivity index (χ1) is 10.3. The molecule has 5 heteroatoms. The Hall–Kier alpha value is -1.26. The summed E-state index contributed by atoms with van der Waals surface area (Å²) >= 11 is 0. The van der Waals surface area contributed by atoms with E-state index in [1.165, 1.54) is 12.8 Å². The molecular weight excluding hydrogens is 278 g/mol. The van der Waals surface area contributed by atoms with Gasteiger partial charge in [0.15, 0.2) is 0 Å². The van der Waals surface area contributed by atoms with Crippen LogP contribution in [0.2, 0.25) is 0 Å². The zero-order chi connectivity index (χ0) is 16.2. The Morgan fingerprint density at radius 1 is 1.05 bits per heavy atom. The summed E-state index contributed by atoms with van der Waals surface area (Å²) in [5.41, 5.74) is 0.0917. The molecule has 5 nitrogen and oxygen atoms in total. The number of nitrogens with zero attached hydrogens (tertiary/aromatic N) is 1. The molecule has 126 valence electrons. The Kier molecular flexibility index (Phi) is 5.70. The van der Waals surface area contributed by atoms with Crippen molar-refractivity contribution in [1.29, 1.82) is 0 Å². The van der Waals surface area contributed by atoms with Gasteiger partial charge in [-0.25, -0.2) is 4.79 Å². The van der Waals surface area contributed by atoms with Crippen molar-refractivity contribution in [2.75, 3.05) is 19.6 Å². The summed E-state index contributed by atoms with van der Waals surface area (Å²) in [6, 6.07) is 0.100. The van der Waals surface area contributed by atoms with Crippen LogP contribution in [-0.2, 0) is 4.79 Å². The Balaban J connectivity index is 1.68. The Morgan fingerprint density at radius 2 is 1.64 bits per heavy atom. The average Bonchev–Trinajstić information content (AvgIpc) is 2.99. The third-order valence-corrected chi connectivity index (χ3v) is 4.63. The van der Waals surface area contributed by atoms with Crippen LogP contribution in [0.1, 0.15) is 59.3 Å². The van der Waals surface area contributed by atoms with Gasteiger partial charge in [-0.1, -0.05) is 33.6 Å². The molecule has 0 atom stereocenters. The van der Waals surface area contributed by atoms with Crippen LogP contribution in [0.15, 0.2) is 0 Å². The van der Waals surface area contributed by atoms with E-state index in [0.717, 1.165) is 38.8 Å². The van der Waals surface area contributed by atoms with Crippen molar-refractivity contribution < 1.29 is 9.59 Å². The molecule has 0 unspecified atom stereocenters. The first kappa shape index (κ1) is 17.1. The summed E-state index contributed by atoms with van der Waals surface area (Å²) in [5.74, 6) is 0.604. The van der Waals surface area contributed by atoms with E-state index in [0.29, 0.717) is 12.5 Å². The van der Waals surface area contributed by atoms with E-state index >= 15 is 0 Å². The minimum absolute atomic E-state index is 0.0875. The number of piperidine rings is 1. The quantitative estimate of drug-likeness (QED) is 0.841. The molecule has 1 saturated heterocycles. The van der Waals surface area contributed by atoms with Crippen LogP contribution in [0.4, 0.5) is 4.79 Å². The van der Waals surface area contributed by atoms with Gasteiger partial charge in [0.05, 0.1) is 0 Å². The topological polar surface area (TPSA) is 61.4 Å². The summed E-state index contributed by atoms with van der Waals surface area (Å²) in [6.07, 6.45) is 6.24. The van der Waals surface area contributed by atoms with Crippen molar-refractivity contribution in [2.45, 2.75) is 65.3 Å². The number of amides is 3. The zero-order valence-electron chi connectivity index (χ0n) is 14.3. The lowest BCUT2D eigenvalue weighted by Gasteiger charge is -2.34. The normalized spacial score (nSPS) is 21.0. The number of nitrogens with one attached hydrogen (secondary N) is 2. The molecule has 0 aromatic rings. The van der Waals surface area contributed by atoms with Crippen LogP contribution in [0.25, 0.3) is 0 Å². The molecular formula is C17H31N3O2. The van der Waals surface area contributed by atoms with Gasteiger partial charge < -0.3 is 15.5 Å². The Labute approximate surface area is 134 Å². The first-order valence-corrected chi connectivity index (χ1v) is 8.68. The predicted octanol–water partition coefficient (Wildman–Crippen LogP) is 2.51.